The summed E-state index contributed by atoms with van der Waals surface area (Å²) in [7, 11) is 4.68. The van der Waals surface area contributed by atoms with Crippen LogP contribution in [0.5, 0.6) is 0 Å². The molecule has 2 aliphatic heterocycles. The minimum Gasteiger partial charge on any atom is -0.373 e. The Kier molecular flexibility index (Phi) is 3.61. The number of quaternary nitrogens is 1. The van der Waals surface area contributed by atoms with Gasteiger partial charge in [-0.05, 0) is 5.56 Å². The fourth-order valence-electron chi connectivity index (χ4n) is 3.33. The van der Waals surface area contributed by atoms with Crippen LogP contribution in [0.2, 0.25) is 0 Å². The average molecular weight is 262 g/mol. The van der Waals surface area contributed by atoms with Gasteiger partial charge in [0.05, 0.1) is 40.0 Å². The summed E-state index contributed by atoms with van der Waals surface area (Å²) in [6, 6.07) is 11.6. The Hall–Kier alpha value is -0.900. The van der Waals surface area contributed by atoms with Crippen molar-refractivity contribution in [1.82, 2.24) is 0 Å². The molecule has 0 N–H and O–H groups in total. The first-order valence-corrected chi connectivity index (χ1v) is 7.23. The molecule has 2 saturated heterocycles. The minimum absolute atomic E-state index is 0.394. The highest BCUT2D eigenvalue weighted by atomic mass is 16.5. The molecule has 1 unspecified atom stereocenters. The van der Waals surface area contributed by atoms with E-state index in [1.807, 2.05) is 6.07 Å². The molecule has 2 aliphatic rings. The Morgan fingerprint density at radius 3 is 2.37 bits per heavy atom. The second-order valence-electron chi connectivity index (χ2n) is 6.36. The molecule has 0 saturated carbocycles. The van der Waals surface area contributed by atoms with Crippen molar-refractivity contribution >= 4 is 0 Å². The van der Waals surface area contributed by atoms with Gasteiger partial charge in [0, 0.05) is 12.8 Å². The van der Waals surface area contributed by atoms with Crippen molar-refractivity contribution in [3.8, 4) is 0 Å². The van der Waals surface area contributed by atoms with Gasteiger partial charge in [-0.15, -0.1) is 0 Å². The van der Waals surface area contributed by atoms with Gasteiger partial charge in [0.2, 0.25) is 0 Å². The molecule has 2 bridgehead atoms. The van der Waals surface area contributed by atoms with Gasteiger partial charge in [-0.25, -0.2) is 0 Å². The molecular formula is C16H24NO2+. The SMILES string of the molecule is C[N+]1(C)[C@@H]2COC[C@H]1CC(OCc1ccccc1)C2. The highest BCUT2D eigenvalue weighted by Gasteiger charge is 2.47. The molecule has 0 radical (unpaired) electrons. The number of rotatable bonds is 3. The first-order valence-electron chi connectivity index (χ1n) is 7.23. The molecule has 0 aromatic heterocycles. The van der Waals surface area contributed by atoms with Gasteiger partial charge in [-0.1, -0.05) is 30.3 Å². The molecule has 1 aromatic carbocycles. The zero-order valence-corrected chi connectivity index (χ0v) is 11.9. The van der Waals surface area contributed by atoms with Crippen LogP contribution in [0.3, 0.4) is 0 Å². The van der Waals surface area contributed by atoms with E-state index in [0.717, 1.165) is 37.1 Å². The fourth-order valence-corrected chi connectivity index (χ4v) is 3.33. The second kappa shape index (κ2) is 5.23. The van der Waals surface area contributed by atoms with Gasteiger partial charge in [-0.3, -0.25) is 0 Å². The van der Waals surface area contributed by atoms with E-state index >= 15 is 0 Å². The molecule has 3 rings (SSSR count). The number of hydrogen-bond acceptors (Lipinski definition) is 2. The quantitative estimate of drug-likeness (QED) is 0.778. The Morgan fingerprint density at radius 1 is 1.11 bits per heavy atom. The molecule has 0 amide bonds. The zero-order valence-electron chi connectivity index (χ0n) is 11.9. The predicted octanol–water partition coefficient (Wildman–Crippen LogP) is 2.21. The lowest BCUT2D eigenvalue weighted by Crippen LogP contribution is -2.67. The Balaban J connectivity index is 1.59. The van der Waals surface area contributed by atoms with Crippen molar-refractivity contribution in [2.45, 2.75) is 37.6 Å². The van der Waals surface area contributed by atoms with Crippen molar-refractivity contribution in [3.63, 3.8) is 0 Å². The molecule has 0 aliphatic carbocycles. The lowest BCUT2D eigenvalue weighted by molar-refractivity contribution is -0.953. The smallest absolute Gasteiger partial charge is 0.115 e. The lowest BCUT2D eigenvalue weighted by atomic mass is 9.90. The van der Waals surface area contributed by atoms with Crippen molar-refractivity contribution < 1.29 is 14.0 Å². The molecule has 2 fully saturated rings. The maximum Gasteiger partial charge on any atom is 0.115 e. The molecular weight excluding hydrogens is 238 g/mol. The summed E-state index contributed by atoms with van der Waals surface area (Å²) >= 11 is 0. The number of piperidine rings is 1. The molecule has 1 aromatic rings. The van der Waals surface area contributed by atoms with E-state index in [2.05, 4.69) is 38.4 Å². The molecule has 2 heterocycles. The summed E-state index contributed by atoms with van der Waals surface area (Å²) in [5, 5.41) is 0. The van der Waals surface area contributed by atoms with Gasteiger partial charge in [-0.2, -0.15) is 0 Å². The van der Waals surface area contributed by atoms with E-state index < -0.39 is 0 Å². The summed E-state index contributed by atoms with van der Waals surface area (Å²) in [5.74, 6) is 0. The van der Waals surface area contributed by atoms with E-state index in [1.165, 1.54) is 5.56 Å². The third-order valence-corrected chi connectivity index (χ3v) is 4.90. The number of hydrogen-bond donors (Lipinski definition) is 0. The van der Waals surface area contributed by atoms with Crippen LogP contribution in [0.1, 0.15) is 18.4 Å². The number of nitrogens with zero attached hydrogens (tertiary/aromatic N) is 1. The number of likely N-dealkylation sites (N-methyl/N-ethyl adjacent to an activating group) is 1. The van der Waals surface area contributed by atoms with Crippen molar-refractivity contribution in [3.05, 3.63) is 35.9 Å². The fraction of sp³-hybridized carbons (Fsp3) is 0.625. The number of ether oxygens (including phenoxy) is 2. The van der Waals surface area contributed by atoms with E-state index in [0.29, 0.717) is 18.2 Å². The second-order valence-corrected chi connectivity index (χ2v) is 6.36. The predicted molar refractivity (Wildman–Crippen MR) is 74.8 cm³/mol. The standard InChI is InChI=1S/C16H24NO2/c1-17(2)14-8-16(9-15(17)12-18-11-14)19-10-13-6-4-3-5-7-13/h3-7,14-16H,8-12H2,1-2H3/q+1/t14-,15+,16?. The van der Waals surface area contributed by atoms with Crippen molar-refractivity contribution in [1.29, 1.82) is 0 Å². The van der Waals surface area contributed by atoms with Gasteiger partial charge < -0.3 is 14.0 Å². The first kappa shape index (κ1) is 13.1. The molecule has 104 valence electrons. The average Bonchev–Trinajstić information content (AvgIpc) is 2.37. The summed E-state index contributed by atoms with van der Waals surface area (Å²) < 4.78 is 12.9. The van der Waals surface area contributed by atoms with Crippen molar-refractivity contribution in [2.24, 2.45) is 0 Å². The summed E-state index contributed by atoms with van der Waals surface area (Å²) in [5.41, 5.74) is 1.27. The van der Waals surface area contributed by atoms with Crippen LogP contribution in [0, 0.1) is 0 Å². The van der Waals surface area contributed by atoms with E-state index in [9.17, 15) is 0 Å². The van der Waals surface area contributed by atoms with Crippen LogP contribution in [0.15, 0.2) is 30.3 Å². The van der Waals surface area contributed by atoms with Crippen LogP contribution >= 0.6 is 0 Å². The minimum atomic E-state index is 0.394. The third kappa shape index (κ3) is 2.69. The summed E-state index contributed by atoms with van der Waals surface area (Å²) in [6.45, 7) is 2.50. The van der Waals surface area contributed by atoms with E-state index in [4.69, 9.17) is 9.47 Å². The number of fused-ring (bicyclic) bond motifs is 2. The van der Waals surface area contributed by atoms with Gasteiger partial charge in [0.1, 0.15) is 12.1 Å². The van der Waals surface area contributed by atoms with Crippen molar-refractivity contribution in [2.75, 3.05) is 27.3 Å². The van der Waals surface area contributed by atoms with Crippen LogP contribution in [-0.4, -0.2) is 50.0 Å². The Bertz CT molecular complexity index is 402. The zero-order chi connectivity index (χ0) is 13.3. The van der Waals surface area contributed by atoms with Crippen LogP contribution in [-0.2, 0) is 16.1 Å². The topological polar surface area (TPSA) is 18.5 Å². The summed E-state index contributed by atoms with van der Waals surface area (Å²) in [4.78, 5) is 0. The van der Waals surface area contributed by atoms with Crippen LogP contribution in [0.4, 0.5) is 0 Å². The molecule has 3 atom stereocenters. The largest absolute Gasteiger partial charge is 0.373 e. The summed E-state index contributed by atoms with van der Waals surface area (Å²) in [6.07, 6.45) is 2.64. The highest BCUT2D eigenvalue weighted by molar-refractivity contribution is 5.13. The van der Waals surface area contributed by atoms with E-state index in [-0.39, 0.29) is 0 Å². The first-order chi connectivity index (χ1) is 9.16. The number of morpholine rings is 1. The normalized spacial score (nSPS) is 33.1. The lowest BCUT2D eigenvalue weighted by Gasteiger charge is -2.52. The van der Waals surface area contributed by atoms with Crippen LogP contribution < -0.4 is 0 Å². The van der Waals surface area contributed by atoms with Gasteiger partial charge in [0.25, 0.3) is 0 Å². The third-order valence-electron chi connectivity index (χ3n) is 4.90. The van der Waals surface area contributed by atoms with E-state index in [1.54, 1.807) is 0 Å². The Labute approximate surface area is 115 Å². The monoisotopic (exact) mass is 262 g/mol. The molecule has 3 nitrogen and oxygen atoms in total. The molecule has 19 heavy (non-hydrogen) atoms. The van der Waals surface area contributed by atoms with Gasteiger partial charge >= 0.3 is 0 Å². The van der Waals surface area contributed by atoms with Crippen LogP contribution in [0.25, 0.3) is 0 Å². The highest BCUT2D eigenvalue weighted by Crippen LogP contribution is 2.33. The number of benzene rings is 1. The maximum absolute atomic E-state index is 6.13. The molecule has 0 spiro atoms. The molecule has 3 heteroatoms. The maximum atomic E-state index is 6.13. The van der Waals surface area contributed by atoms with Gasteiger partial charge in [0.15, 0.2) is 0 Å². The Morgan fingerprint density at radius 2 is 1.74 bits per heavy atom.